The molecule has 3 rings (SSSR count). The maximum Gasteiger partial charge on any atom is 0.417 e. The number of carbonyl (C=O) groups is 1. The van der Waals surface area contributed by atoms with Crippen LogP contribution in [-0.4, -0.2) is 52.6 Å². The van der Waals surface area contributed by atoms with Gasteiger partial charge in [0.15, 0.2) is 11.5 Å². The summed E-state index contributed by atoms with van der Waals surface area (Å²) in [5, 5.41) is 20.9. The maximum absolute atomic E-state index is 12.5. The molecule has 10 nitrogen and oxygen atoms in total. The minimum absolute atomic E-state index is 0.000125. The maximum atomic E-state index is 12.5. The van der Waals surface area contributed by atoms with Crippen molar-refractivity contribution in [3.63, 3.8) is 0 Å². The van der Waals surface area contributed by atoms with Gasteiger partial charge < -0.3 is 5.32 Å². The molecule has 3 heterocycles. The van der Waals surface area contributed by atoms with E-state index in [1.165, 1.54) is 10.9 Å². The monoisotopic (exact) mass is 367 g/mol. The van der Waals surface area contributed by atoms with E-state index in [-0.39, 0.29) is 18.1 Å². The standard InChI is InChI=1S/C13H12F3N9O/c1-8-19-21-23-24(8)5-4-17-12(26)10-7-25(22-20-10)11-3-2-9(6-18-11)13(14,15)16/h2-3,6-7H,4-5H2,1H3,(H,17,26). The topological polar surface area (TPSA) is 116 Å². The van der Waals surface area contributed by atoms with Gasteiger partial charge in [-0.05, 0) is 29.5 Å². The van der Waals surface area contributed by atoms with E-state index in [2.05, 4.69) is 36.1 Å². The van der Waals surface area contributed by atoms with Crippen LogP contribution in [0.15, 0.2) is 24.5 Å². The second-order valence-corrected chi connectivity index (χ2v) is 5.16. The first-order valence-electron chi connectivity index (χ1n) is 7.31. The summed E-state index contributed by atoms with van der Waals surface area (Å²) < 4.78 is 40.2. The van der Waals surface area contributed by atoms with Gasteiger partial charge in [0.05, 0.1) is 18.3 Å². The van der Waals surface area contributed by atoms with Crippen LogP contribution in [0.25, 0.3) is 5.82 Å². The molecule has 0 aliphatic rings. The molecule has 0 aliphatic heterocycles. The molecule has 0 aliphatic carbocycles. The lowest BCUT2D eigenvalue weighted by Crippen LogP contribution is -2.28. The molecule has 136 valence electrons. The zero-order valence-electron chi connectivity index (χ0n) is 13.3. The number of nitrogens with one attached hydrogen (secondary N) is 1. The molecule has 0 unspecified atom stereocenters. The Balaban J connectivity index is 1.62. The van der Waals surface area contributed by atoms with E-state index in [1.807, 2.05) is 0 Å². The number of hydrogen-bond acceptors (Lipinski definition) is 7. The van der Waals surface area contributed by atoms with E-state index in [4.69, 9.17) is 0 Å². The third-order valence-electron chi connectivity index (χ3n) is 3.36. The summed E-state index contributed by atoms with van der Waals surface area (Å²) in [4.78, 5) is 15.7. The van der Waals surface area contributed by atoms with Crippen LogP contribution in [0.2, 0.25) is 0 Å². The first-order chi connectivity index (χ1) is 12.3. The molecular formula is C13H12F3N9O. The Labute approximate surface area is 144 Å². The van der Waals surface area contributed by atoms with Crippen LogP contribution < -0.4 is 5.32 Å². The first-order valence-corrected chi connectivity index (χ1v) is 7.31. The zero-order valence-corrected chi connectivity index (χ0v) is 13.3. The highest BCUT2D eigenvalue weighted by Crippen LogP contribution is 2.28. The number of amides is 1. The number of nitrogens with zero attached hydrogens (tertiary/aromatic N) is 8. The lowest BCUT2D eigenvalue weighted by atomic mass is 10.3. The van der Waals surface area contributed by atoms with Crippen LogP contribution in [0.4, 0.5) is 13.2 Å². The van der Waals surface area contributed by atoms with Gasteiger partial charge in [-0.25, -0.2) is 14.3 Å². The predicted molar refractivity (Wildman–Crippen MR) is 79.0 cm³/mol. The van der Waals surface area contributed by atoms with Crippen molar-refractivity contribution in [2.75, 3.05) is 6.54 Å². The lowest BCUT2D eigenvalue weighted by Gasteiger charge is -2.06. The molecule has 0 saturated carbocycles. The predicted octanol–water partition coefficient (Wildman–Crippen LogP) is 0.406. The average Bonchev–Trinajstić information content (AvgIpc) is 3.24. The normalized spacial score (nSPS) is 11.5. The van der Waals surface area contributed by atoms with Gasteiger partial charge in [-0.1, -0.05) is 5.21 Å². The van der Waals surface area contributed by atoms with E-state index in [0.717, 1.165) is 16.8 Å². The van der Waals surface area contributed by atoms with Crippen molar-refractivity contribution in [3.8, 4) is 5.82 Å². The lowest BCUT2D eigenvalue weighted by molar-refractivity contribution is -0.137. The molecule has 0 atom stereocenters. The van der Waals surface area contributed by atoms with Crippen LogP contribution in [0, 0.1) is 6.92 Å². The van der Waals surface area contributed by atoms with Gasteiger partial charge >= 0.3 is 6.18 Å². The van der Waals surface area contributed by atoms with Gasteiger partial charge in [-0.3, -0.25) is 4.79 Å². The molecular weight excluding hydrogens is 355 g/mol. The molecule has 26 heavy (non-hydrogen) atoms. The van der Waals surface area contributed by atoms with Crippen LogP contribution >= 0.6 is 0 Å². The van der Waals surface area contributed by atoms with Crippen molar-refractivity contribution in [2.24, 2.45) is 0 Å². The smallest absolute Gasteiger partial charge is 0.349 e. The Kier molecular flexibility index (Phi) is 4.60. The highest BCUT2D eigenvalue weighted by molar-refractivity contribution is 5.91. The molecule has 1 amide bonds. The molecule has 13 heteroatoms. The summed E-state index contributed by atoms with van der Waals surface area (Å²) in [5.41, 5.74) is -0.877. The number of rotatable bonds is 5. The SMILES string of the molecule is Cc1nnnn1CCNC(=O)c1cn(-c2ccc(C(F)(F)F)cn2)nn1. The van der Waals surface area contributed by atoms with Gasteiger partial charge in [-0.15, -0.1) is 10.2 Å². The van der Waals surface area contributed by atoms with Gasteiger partial charge in [0.2, 0.25) is 0 Å². The summed E-state index contributed by atoms with van der Waals surface area (Å²) in [7, 11) is 0. The number of halogens is 3. The molecule has 0 radical (unpaired) electrons. The molecule has 3 aromatic rings. The zero-order chi connectivity index (χ0) is 18.7. The Morgan fingerprint density at radius 1 is 1.23 bits per heavy atom. The van der Waals surface area contributed by atoms with Crippen molar-refractivity contribution < 1.29 is 18.0 Å². The van der Waals surface area contributed by atoms with E-state index in [9.17, 15) is 18.0 Å². The van der Waals surface area contributed by atoms with Crippen LogP contribution in [-0.2, 0) is 12.7 Å². The number of hydrogen-bond donors (Lipinski definition) is 1. The summed E-state index contributed by atoms with van der Waals surface area (Å²) in [6, 6.07) is 2.01. The third kappa shape index (κ3) is 3.81. The molecule has 1 N–H and O–H groups in total. The highest BCUT2D eigenvalue weighted by atomic mass is 19.4. The van der Waals surface area contributed by atoms with E-state index >= 15 is 0 Å². The number of alkyl halides is 3. The number of pyridine rings is 1. The van der Waals surface area contributed by atoms with E-state index in [1.54, 1.807) is 6.92 Å². The Morgan fingerprint density at radius 2 is 2.04 bits per heavy atom. The van der Waals surface area contributed by atoms with Crippen LogP contribution in [0.3, 0.4) is 0 Å². The Morgan fingerprint density at radius 3 is 2.65 bits per heavy atom. The van der Waals surface area contributed by atoms with Crippen LogP contribution in [0.1, 0.15) is 21.9 Å². The first kappa shape index (κ1) is 17.4. The minimum atomic E-state index is -4.48. The van der Waals surface area contributed by atoms with Gasteiger partial charge in [-0.2, -0.15) is 13.2 Å². The van der Waals surface area contributed by atoms with Gasteiger partial charge in [0.1, 0.15) is 5.82 Å². The third-order valence-corrected chi connectivity index (χ3v) is 3.36. The van der Waals surface area contributed by atoms with Crippen molar-refractivity contribution in [1.29, 1.82) is 0 Å². The Hall–Kier alpha value is -3.38. The van der Waals surface area contributed by atoms with Crippen molar-refractivity contribution >= 4 is 5.91 Å². The molecule has 0 saturated heterocycles. The van der Waals surface area contributed by atoms with Gasteiger partial charge in [0.25, 0.3) is 5.91 Å². The largest absolute Gasteiger partial charge is 0.417 e. The second kappa shape index (κ2) is 6.85. The fourth-order valence-corrected chi connectivity index (χ4v) is 1.99. The van der Waals surface area contributed by atoms with Crippen LogP contribution in [0.5, 0.6) is 0 Å². The van der Waals surface area contributed by atoms with Crippen molar-refractivity contribution in [3.05, 3.63) is 41.6 Å². The summed E-state index contributed by atoms with van der Waals surface area (Å²) >= 11 is 0. The van der Waals surface area contributed by atoms with Gasteiger partial charge in [0, 0.05) is 12.7 Å². The molecule has 0 fully saturated rings. The fraction of sp³-hybridized carbons (Fsp3) is 0.308. The van der Waals surface area contributed by atoms with E-state index < -0.39 is 17.6 Å². The summed E-state index contributed by atoms with van der Waals surface area (Å²) in [6.45, 7) is 2.36. The fourth-order valence-electron chi connectivity index (χ4n) is 1.99. The molecule has 0 aromatic carbocycles. The highest BCUT2D eigenvalue weighted by Gasteiger charge is 2.30. The second-order valence-electron chi connectivity index (χ2n) is 5.16. The average molecular weight is 367 g/mol. The van der Waals surface area contributed by atoms with Crippen molar-refractivity contribution in [1.82, 2.24) is 45.5 Å². The summed E-state index contributed by atoms with van der Waals surface area (Å²) in [5.74, 6) is 0.223. The number of carbonyl (C=O) groups excluding carboxylic acids is 1. The van der Waals surface area contributed by atoms with E-state index in [0.29, 0.717) is 18.6 Å². The quantitative estimate of drug-likeness (QED) is 0.694. The molecule has 0 bridgehead atoms. The summed E-state index contributed by atoms with van der Waals surface area (Å²) in [6.07, 6.45) is -2.52. The van der Waals surface area contributed by atoms with Crippen molar-refractivity contribution in [2.45, 2.75) is 19.6 Å². The Bertz CT molecular complexity index is 900. The number of aryl methyl sites for hydroxylation is 1. The number of tetrazole rings is 1. The number of aromatic nitrogens is 8. The molecule has 3 aromatic heterocycles. The minimum Gasteiger partial charge on any atom is -0.349 e. The molecule has 0 spiro atoms.